The summed E-state index contributed by atoms with van der Waals surface area (Å²) in [7, 11) is 0. The molecule has 1 heterocycles. The highest BCUT2D eigenvalue weighted by atomic mass is 32.2. The second-order valence-electron chi connectivity index (χ2n) is 5.16. The molecule has 0 amide bonds. The molecule has 2 N–H and O–H groups in total. The number of nitrogens with zero attached hydrogens (tertiary/aromatic N) is 2. The summed E-state index contributed by atoms with van der Waals surface area (Å²) >= 11 is 1.88. The fourth-order valence-corrected chi connectivity index (χ4v) is 3.06. The van der Waals surface area contributed by atoms with Gasteiger partial charge in [-0.1, -0.05) is 18.2 Å². The Morgan fingerprint density at radius 2 is 1.84 bits per heavy atom. The Balaban J connectivity index is 1.73. The van der Waals surface area contributed by atoms with Gasteiger partial charge in [-0.2, -0.15) is 11.8 Å². The van der Waals surface area contributed by atoms with Crippen LogP contribution in [-0.2, 0) is 0 Å². The van der Waals surface area contributed by atoms with Crippen LogP contribution in [0.2, 0.25) is 0 Å². The molecule has 1 aliphatic heterocycles. The lowest BCUT2D eigenvalue weighted by Crippen LogP contribution is -2.50. The molecule has 0 aliphatic carbocycles. The van der Waals surface area contributed by atoms with Crippen molar-refractivity contribution in [2.75, 3.05) is 49.6 Å². The van der Waals surface area contributed by atoms with Gasteiger partial charge >= 0.3 is 0 Å². The molecule has 0 unspecified atom stereocenters. The lowest BCUT2D eigenvalue weighted by Gasteiger charge is -2.37. The van der Waals surface area contributed by atoms with Gasteiger partial charge in [0.05, 0.1) is 0 Å². The summed E-state index contributed by atoms with van der Waals surface area (Å²) in [5.41, 5.74) is 7.51. The highest BCUT2D eigenvalue weighted by molar-refractivity contribution is 7.98. The van der Waals surface area contributed by atoms with Gasteiger partial charge in [0.1, 0.15) is 0 Å². The van der Waals surface area contributed by atoms with E-state index in [0.29, 0.717) is 6.04 Å². The Kier molecular flexibility index (Phi) is 6.01. The van der Waals surface area contributed by atoms with Crippen LogP contribution >= 0.6 is 11.8 Å². The summed E-state index contributed by atoms with van der Waals surface area (Å²) < 4.78 is 0. The third-order valence-electron chi connectivity index (χ3n) is 3.68. The molecule has 0 radical (unpaired) electrons. The third kappa shape index (κ3) is 4.71. The Hall–Kier alpha value is -0.710. The summed E-state index contributed by atoms with van der Waals surface area (Å²) in [5.74, 6) is 1.17. The van der Waals surface area contributed by atoms with Crippen molar-refractivity contribution in [1.29, 1.82) is 0 Å². The molecule has 0 spiro atoms. The van der Waals surface area contributed by atoms with Crippen molar-refractivity contribution in [3.05, 3.63) is 30.3 Å². The summed E-state index contributed by atoms with van der Waals surface area (Å²) in [6.45, 7) is 5.52. The van der Waals surface area contributed by atoms with Crippen LogP contribution < -0.4 is 10.6 Å². The van der Waals surface area contributed by atoms with Gasteiger partial charge in [-0.05, 0) is 30.6 Å². The minimum Gasteiger partial charge on any atom is -0.369 e. The lowest BCUT2D eigenvalue weighted by atomic mass is 10.2. The maximum absolute atomic E-state index is 6.17. The maximum Gasteiger partial charge on any atom is 0.0367 e. The quantitative estimate of drug-likeness (QED) is 0.862. The molecule has 2 rings (SSSR count). The largest absolute Gasteiger partial charge is 0.369 e. The minimum atomic E-state index is 0.329. The average molecular weight is 279 g/mol. The van der Waals surface area contributed by atoms with E-state index in [0.717, 1.165) is 39.1 Å². The Morgan fingerprint density at radius 1 is 1.16 bits per heavy atom. The summed E-state index contributed by atoms with van der Waals surface area (Å²) in [5, 5.41) is 0. The standard InChI is InChI=1S/C15H25N3S/c1-19-12-7-14(16)13-17-8-10-18(11-9-17)15-5-3-2-4-6-15/h2-6,14H,7-13,16H2,1H3/t14-/m0/s1. The van der Waals surface area contributed by atoms with Crippen LogP contribution in [0.4, 0.5) is 5.69 Å². The third-order valence-corrected chi connectivity index (χ3v) is 4.32. The molecule has 1 fully saturated rings. The van der Waals surface area contributed by atoms with E-state index in [2.05, 4.69) is 46.4 Å². The number of para-hydroxylation sites is 1. The van der Waals surface area contributed by atoms with Crippen molar-refractivity contribution in [2.24, 2.45) is 5.73 Å². The van der Waals surface area contributed by atoms with Crippen LogP contribution in [0, 0.1) is 0 Å². The fraction of sp³-hybridized carbons (Fsp3) is 0.600. The molecule has 4 heteroatoms. The first-order chi connectivity index (χ1) is 9.29. The zero-order valence-corrected chi connectivity index (χ0v) is 12.6. The zero-order valence-electron chi connectivity index (χ0n) is 11.8. The number of benzene rings is 1. The van der Waals surface area contributed by atoms with E-state index >= 15 is 0 Å². The number of anilines is 1. The molecule has 0 saturated carbocycles. The second kappa shape index (κ2) is 7.78. The lowest BCUT2D eigenvalue weighted by molar-refractivity contribution is 0.241. The predicted octanol–water partition coefficient (Wildman–Crippen LogP) is 1.89. The van der Waals surface area contributed by atoms with E-state index in [-0.39, 0.29) is 0 Å². The van der Waals surface area contributed by atoms with Crippen molar-refractivity contribution in [1.82, 2.24) is 4.90 Å². The number of nitrogens with two attached hydrogens (primary N) is 1. The smallest absolute Gasteiger partial charge is 0.0367 e. The van der Waals surface area contributed by atoms with Gasteiger partial charge in [-0.25, -0.2) is 0 Å². The first-order valence-electron chi connectivity index (χ1n) is 7.06. The highest BCUT2D eigenvalue weighted by Gasteiger charge is 2.18. The average Bonchev–Trinajstić information content (AvgIpc) is 2.47. The highest BCUT2D eigenvalue weighted by Crippen LogP contribution is 2.15. The summed E-state index contributed by atoms with van der Waals surface area (Å²) in [6.07, 6.45) is 3.27. The predicted molar refractivity (Wildman–Crippen MR) is 86.1 cm³/mol. The van der Waals surface area contributed by atoms with Crippen molar-refractivity contribution in [3.63, 3.8) is 0 Å². The van der Waals surface area contributed by atoms with E-state index in [4.69, 9.17) is 5.73 Å². The molecule has 19 heavy (non-hydrogen) atoms. The first kappa shape index (κ1) is 14.7. The molecule has 0 bridgehead atoms. The number of thioether (sulfide) groups is 1. The number of rotatable bonds is 6. The van der Waals surface area contributed by atoms with Crippen molar-refractivity contribution in [3.8, 4) is 0 Å². The Labute approximate surface area is 121 Å². The van der Waals surface area contributed by atoms with Crippen LogP contribution in [0.1, 0.15) is 6.42 Å². The molecule has 1 aliphatic rings. The number of hydrogen-bond donors (Lipinski definition) is 1. The number of hydrogen-bond acceptors (Lipinski definition) is 4. The van der Waals surface area contributed by atoms with Gasteiger partial charge in [0.2, 0.25) is 0 Å². The van der Waals surface area contributed by atoms with E-state index < -0.39 is 0 Å². The molecule has 0 aromatic heterocycles. The van der Waals surface area contributed by atoms with E-state index in [1.165, 1.54) is 11.4 Å². The van der Waals surface area contributed by atoms with E-state index in [1.54, 1.807) is 0 Å². The molecule has 106 valence electrons. The molecule has 3 nitrogen and oxygen atoms in total. The SMILES string of the molecule is CSCC[C@H](N)CN1CCN(c2ccccc2)CC1. The second-order valence-corrected chi connectivity index (χ2v) is 6.15. The molecule has 1 aromatic rings. The Bertz CT molecular complexity index is 350. The molecular weight excluding hydrogens is 254 g/mol. The van der Waals surface area contributed by atoms with Gasteiger partial charge in [0, 0.05) is 44.5 Å². The van der Waals surface area contributed by atoms with Gasteiger partial charge in [0.15, 0.2) is 0 Å². The molecule has 1 aromatic carbocycles. The van der Waals surface area contributed by atoms with Crippen LogP contribution in [0.15, 0.2) is 30.3 Å². The van der Waals surface area contributed by atoms with Gasteiger partial charge in [-0.15, -0.1) is 0 Å². The van der Waals surface area contributed by atoms with E-state index in [1.807, 2.05) is 11.8 Å². The van der Waals surface area contributed by atoms with Crippen LogP contribution in [-0.4, -0.2) is 55.7 Å². The fourth-order valence-electron chi connectivity index (χ4n) is 2.52. The van der Waals surface area contributed by atoms with Crippen molar-refractivity contribution >= 4 is 17.4 Å². The van der Waals surface area contributed by atoms with E-state index in [9.17, 15) is 0 Å². The van der Waals surface area contributed by atoms with Crippen LogP contribution in [0.25, 0.3) is 0 Å². The van der Waals surface area contributed by atoms with Crippen LogP contribution in [0.5, 0.6) is 0 Å². The molecule has 1 saturated heterocycles. The Morgan fingerprint density at radius 3 is 2.47 bits per heavy atom. The number of piperazine rings is 1. The van der Waals surface area contributed by atoms with Gasteiger partial charge in [-0.3, -0.25) is 4.90 Å². The molecule has 1 atom stereocenters. The topological polar surface area (TPSA) is 32.5 Å². The first-order valence-corrected chi connectivity index (χ1v) is 8.46. The minimum absolute atomic E-state index is 0.329. The monoisotopic (exact) mass is 279 g/mol. The van der Waals surface area contributed by atoms with Crippen LogP contribution in [0.3, 0.4) is 0 Å². The summed E-state index contributed by atoms with van der Waals surface area (Å²) in [4.78, 5) is 4.97. The zero-order chi connectivity index (χ0) is 13.5. The normalized spacial score (nSPS) is 18.5. The van der Waals surface area contributed by atoms with Gasteiger partial charge < -0.3 is 10.6 Å². The van der Waals surface area contributed by atoms with Gasteiger partial charge in [0.25, 0.3) is 0 Å². The molecular formula is C15H25N3S. The summed E-state index contributed by atoms with van der Waals surface area (Å²) in [6, 6.07) is 11.0. The van der Waals surface area contributed by atoms with Crippen molar-refractivity contribution in [2.45, 2.75) is 12.5 Å². The maximum atomic E-state index is 6.17. The van der Waals surface area contributed by atoms with Crippen molar-refractivity contribution < 1.29 is 0 Å².